The average Bonchev–Trinajstić information content (AvgIpc) is 2.50. The van der Waals surface area contributed by atoms with Crippen LogP contribution in [0.15, 0.2) is 18.2 Å². The highest BCUT2D eigenvalue weighted by Gasteiger charge is 2.22. The summed E-state index contributed by atoms with van der Waals surface area (Å²) in [5.41, 5.74) is 3.33. The largest absolute Gasteiger partial charge is 0.468 e. The summed E-state index contributed by atoms with van der Waals surface area (Å²) >= 11 is 0. The topological polar surface area (TPSA) is 41.6 Å². The van der Waals surface area contributed by atoms with Gasteiger partial charge < -0.3 is 9.64 Å². The molecule has 1 atom stereocenters. The Morgan fingerprint density at radius 2 is 1.95 bits per heavy atom. The number of hydrogen-bond acceptors (Lipinski definition) is 4. The van der Waals surface area contributed by atoms with E-state index in [2.05, 4.69) is 37.1 Å². The van der Waals surface area contributed by atoms with Gasteiger partial charge in [0.1, 0.15) is 6.04 Å². The minimum atomic E-state index is -0.398. The van der Waals surface area contributed by atoms with Crippen LogP contribution < -0.4 is 5.32 Å². The average molecular weight is 292 g/mol. The Morgan fingerprint density at radius 1 is 1.29 bits per heavy atom. The minimum Gasteiger partial charge on any atom is -0.468 e. The molecule has 1 N–H and O–H groups in total. The van der Waals surface area contributed by atoms with E-state index < -0.39 is 6.04 Å². The van der Waals surface area contributed by atoms with Crippen LogP contribution in [0.5, 0.6) is 0 Å². The summed E-state index contributed by atoms with van der Waals surface area (Å²) in [6, 6.07) is 5.64. The first-order valence-electron chi connectivity index (χ1n) is 7.64. The van der Waals surface area contributed by atoms with Crippen molar-refractivity contribution >= 4 is 5.97 Å². The van der Waals surface area contributed by atoms with E-state index in [0.29, 0.717) is 0 Å². The fourth-order valence-corrected chi connectivity index (χ4v) is 2.43. The van der Waals surface area contributed by atoms with E-state index in [1.165, 1.54) is 12.7 Å². The molecule has 0 saturated carbocycles. The van der Waals surface area contributed by atoms with E-state index in [1.807, 2.05) is 19.1 Å². The van der Waals surface area contributed by atoms with Crippen molar-refractivity contribution in [2.75, 3.05) is 33.3 Å². The zero-order valence-corrected chi connectivity index (χ0v) is 13.9. The van der Waals surface area contributed by atoms with Crippen LogP contribution in [0.1, 0.15) is 36.6 Å². The maximum atomic E-state index is 12.1. The number of hydrogen-bond donors (Lipinski definition) is 1. The third-order valence-electron chi connectivity index (χ3n) is 4.07. The maximum Gasteiger partial charge on any atom is 0.327 e. The lowest BCUT2D eigenvalue weighted by Crippen LogP contribution is -2.37. The van der Waals surface area contributed by atoms with Crippen LogP contribution in [-0.2, 0) is 9.53 Å². The number of benzene rings is 1. The first-order valence-corrected chi connectivity index (χ1v) is 7.64. The van der Waals surface area contributed by atoms with Crippen molar-refractivity contribution in [1.29, 1.82) is 0 Å². The highest BCUT2D eigenvalue weighted by molar-refractivity contribution is 5.78. The number of ether oxygens (including phenoxy) is 1. The van der Waals surface area contributed by atoms with E-state index in [0.717, 1.165) is 37.3 Å². The van der Waals surface area contributed by atoms with Gasteiger partial charge in [0, 0.05) is 13.1 Å². The molecule has 0 aliphatic heterocycles. The summed E-state index contributed by atoms with van der Waals surface area (Å²) < 4.78 is 4.96. The molecule has 1 aromatic carbocycles. The summed E-state index contributed by atoms with van der Waals surface area (Å²) in [5, 5.41) is 3.34. The lowest BCUT2D eigenvalue weighted by atomic mass is 9.97. The highest BCUT2D eigenvalue weighted by atomic mass is 16.5. The highest BCUT2D eigenvalue weighted by Crippen LogP contribution is 2.21. The predicted octanol–water partition coefficient (Wildman–Crippen LogP) is 2.45. The molecule has 1 unspecified atom stereocenters. The van der Waals surface area contributed by atoms with Gasteiger partial charge in [-0.1, -0.05) is 32.0 Å². The first kappa shape index (κ1) is 17.7. The summed E-state index contributed by atoms with van der Waals surface area (Å²) in [6.45, 7) is 12.1. The van der Waals surface area contributed by atoms with Crippen LogP contribution in [0, 0.1) is 13.8 Å². The second kappa shape index (κ2) is 8.80. The van der Waals surface area contributed by atoms with Gasteiger partial charge in [-0.25, -0.2) is 4.79 Å². The van der Waals surface area contributed by atoms with Crippen LogP contribution in [-0.4, -0.2) is 44.2 Å². The second-order valence-electron chi connectivity index (χ2n) is 5.23. The summed E-state index contributed by atoms with van der Waals surface area (Å²) in [6.07, 6.45) is 0. The third kappa shape index (κ3) is 4.83. The molecule has 0 amide bonds. The molecule has 0 spiro atoms. The van der Waals surface area contributed by atoms with Crippen LogP contribution in [0.25, 0.3) is 0 Å². The molecule has 4 nitrogen and oxygen atoms in total. The number of nitrogens with one attached hydrogen (secondary N) is 1. The fraction of sp³-hybridized carbons (Fsp3) is 0.588. The Bertz CT molecular complexity index is 456. The minimum absolute atomic E-state index is 0.233. The molecular formula is C17H28N2O2. The van der Waals surface area contributed by atoms with Crippen molar-refractivity contribution in [1.82, 2.24) is 10.2 Å². The number of carbonyl (C=O) groups excluding carboxylic acids is 1. The van der Waals surface area contributed by atoms with Crippen molar-refractivity contribution < 1.29 is 9.53 Å². The fourth-order valence-electron chi connectivity index (χ4n) is 2.43. The summed E-state index contributed by atoms with van der Waals surface area (Å²) in [7, 11) is 1.44. The lowest BCUT2D eigenvalue weighted by Gasteiger charge is -2.23. The Balaban J connectivity index is 2.82. The molecule has 1 rings (SSSR count). The van der Waals surface area contributed by atoms with Gasteiger partial charge in [-0.15, -0.1) is 0 Å². The van der Waals surface area contributed by atoms with Crippen molar-refractivity contribution in [2.45, 2.75) is 33.7 Å². The van der Waals surface area contributed by atoms with Crippen LogP contribution in [0.4, 0.5) is 0 Å². The molecule has 0 bridgehead atoms. The van der Waals surface area contributed by atoms with Gasteiger partial charge in [-0.3, -0.25) is 5.32 Å². The number of rotatable bonds is 8. The molecule has 0 aliphatic rings. The Kier molecular flexibility index (Phi) is 7.40. The molecule has 0 saturated heterocycles. The first-order chi connectivity index (χ1) is 10.0. The second-order valence-corrected chi connectivity index (χ2v) is 5.23. The molecular weight excluding hydrogens is 264 g/mol. The molecule has 4 heteroatoms. The molecule has 21 heavy (non-hydrogen) atoms. The predicted molar refractivity (Wildman–Crippen MR) is 86.5 cm³/mol. The van der Waals surface area contributed by atoms with Crippen molar-refractivity contribution in [2.24, 2.45) is 0 Å². The number of nitrogens with zero attached hydrogens (tertiary/aromatic N) is 1. The van der Waals surface area contributed by atoms with Crippen molar-refractivity contribution in [3.05, 3.63) is 34.9 Å². The number of carbonyl (C=O) groups is 1. The molecule has 0 fully saturated rings. The van der Waals surface area contributed by atoms with E-state index in [-0.39, 0.29) is 5.97 Å². The zero-order chi connectivity index (χ0) is 15.8. The Morgan fingerprint density at radius 3 is 2.52 bits per heavy atom. The number of aryl methyl sites for hydroxylation is 1. The van der Waals surface area contributed by atoms with Gasteiger partial charge in [0.05, 0.1) is 7.11 Å². The lowest BCUT2D eigenvalue weighted by molar-refractivity contribution is -0.143. The standard InChI is InChI=1S/C17H28N2O2/c1-6-19(7-2)12-11-18-16(17(20)21-5)15-10-8-9-13(3)14(15)4/h8-10,16,18H,6-7,11-12H2,1-5H3. The van der Waals surface area contributed by atoms with Crippen LogP contribution >= 0.6 is 0 Å². The number of esters is 1. The van der Waals surface area contributed by atoms with Gasteiger partial charge in [0.25, 0.3) is 0 Å². The van der Waals surface area contributed by atoms with Crippen molar-refractivity contribution in [3.63, 3.8) is 0 Å². The van der Waals surface area contributed by atoms with Crippen LogP contribution in [0.3, 0.4) is 0 Å². The van der Waals surface area contributed by atoms with Gasteiger partial charge in [0.2, 0.25) is 0 Å². The van der Waals surface area contributed by atoms with Gasteiger partial charge in [-0.05, 0) is 43.6 Å². The third-order valence-corrected chi connectivity index (χ3v) is 4.07. The molecule has 1 aromatic rings. The maximum absolute atomic E-state index is 12.1. The summed E-state index contributed by atoms with van der Waals surface area (Å²) in [4.78, 5) is 14.4. The Labute approximate surface area is 128 Å². The SMILES string of the molecule is CCN(CC)CCNC(C(=O)OC)c1cccc(C)c1C. The molecule has 118 valence electrons. The molecule has 0 radical (unpaired) electrons. The van der Waals surface area contributed by atoms with E-state index in [4.69, 9.17) is 4.74 Å². The molecule has 0 aromatic heterocycles. The zero-order valence-electron chi connectivity index (χ0n) is 13.9. The van der Waals surface area contributed by atoms with Crippen LogP contribution in [0.2, 0.25) is 0 Å². The van der Waals surface area contributed by atoms with Gasteiger partial charge >= 0.3 is 5.97 Å². The molecule has 0 heterocycles. The summed E-state index contributed by atoms with van der Waals surface area (Å²) in [5.74, 6) is -0.233. The number of likely N-dealkylation sites (N-methyl/N-ethyl adjacent to an activating group) is 1. The Hall–Kier alpha value is -1.39. The monoisotopic (exact) mass is 292 g/mol. The smallest absolute Gasteiger partial charge is 0.327 e. The molecule has 0 aliphatic carbocycles. The van der Waals surface area contributed by atoms with Crippen molar-refractivity contribution in [3.8, 4) is 0 Å². The van der Waals surface area contributed by atoms with Gasteiger partial charge in [-0.2, -0.15) is 0 Å². The van der Waals surface area contributed by atoms with E-state index >= 15 is 0 Å². The quantitative estimate of drug-likeness (QED) is 0.747. The number of methoxy groups -OCH3 is 1. The van der Waals surface area contributed by atoms with E-state index in [1.54, 1.807) is 0 Å². The normalized spacial score (nSPS) is 12.5. The van der Waals surface area contributed by atoms with Gasteiger partial charge in [0.15, 0.2) is 0 Å². The van der Waals surface area contributed by atoms with E-state index in [9.17, 15) is 4.79 Å².